The van der Waals surface area contributed by atoms with Crippen molar-refractivity contribution in [3.8, 4) is 0 Å². The van der Waals surface area contributed by atoms with E-state index in [-0.39, 0.29) is 11.5 Å². The molecular formula is C12H15FN2O. The number of carbonyl (C=O) groups excluding carboxylic acids is 1. The lowest BCUT2D eigenvalue weighted by molar-refractivity contribution is 0.0738. The summed E-state index contributed by atoms with van der Waals surface area (Å²) in [5, 5.41) is 0. The van der Waals surface area contributed by atoms with Crippen LogP contribution in [0.15, 0.2) is 18.5 Å². The van der Waals surface area contributed by atoms with Crippen LogP contribution in [0.1, 0.15) is 36.5 Å². The second kappa shape index (κ2) is 4.60. The summed E-state index contributed by atoms with van der Waals surface area (Å²) in [4.78, 5) is 17.5. The van der Waals surface area contributed by atoms with E-state index < -0.39 is 5.82 Å². The van der Waals surface area contributed by atoms with Crippen molar-refractivity contribution in [1.29, 1.82) is 0 Å². The van der Waals surface area contributed by atoms with E-state index in [2.05, 4.69) is 4.98 Å². The molecule has 2 rings (SSSR count). The van der Waals surface area contributed by atoms with Crippen molar-refractivity contribution >= 4 is 5.91 Å². The third kappa shape index (κ3) is 2.21. The van der Waals surface area contributed by atoms with E-state index in [1.54, 1.807) is 4.90 Å². The average Bonchev–Trinajstić information content (AvgIpc) is 3.09. The van der Waals surface area contributed by atoms with Crippen LogP contribution in [0.25, 0.3) is 0 Å². The van der Waals surface area contributed by atoms with Gasteiger partial charge in [0.05, 0.1) is 11.8 Å². The van der Waals surface area contributed by atoms with Crippen LogP contribution in [0.2, 0.25) is 0 Å². The van der Waals surface area contributed by atoms with Crippen molar-refractivity contribution in [3.05, 3.63) is 29.8 Å². The first-order chi connectivity index (χ1) is 7.74. The standard InChI is InChI=1S/C12H15FN2O/c1-2-7-15(9-3-4-9)12(16)10-5-6-14-8-11(10)13/h5-6,8-9H,2-4,7H2,1H3. The Labute approximate surface area is 94.3 Å². The maximum Gasteiger partial charge on any atom is 0.257 e. The van der Waals surface area contributed by atoms with Gasteiger partial charge in [0, 0.05) is 18.8 Å². The molecule has 0 spiro atoms. The Morgan fingerprint density at radius 2 is 2.38 bits per heavy atom. The quantitative estimate of drug-likeness (QED) is 0.782. The molecule has 1 aromatic heterocycles. The van der Waals surface area contributed by atoms with Crippen molar-refractivity contribution < 1.29 is 9.18 Å². The van der Waals surface area contributed by atoms with E-state index in [4.69, 9.17) is 0 Å². The molecular weight excluding hydrogens is 207 g/mol. The van der Waals surface area contributed by atoms with Gasteiger partial charge in [-0.3, -0.25) is 9.78 Å². The fourth-order valence-electron chi connectivity index (χ4n) is 1.78. The third-order valence-corrected chi connectivity index (χ3v) is 2.72. The third-order valence-electron chi connectivity index (χ3n) is 2.72. The van der Waals surface area contributed by atoms with Crippen LogP contribution in [-0.4, -0.2) is 28.4 Å². The molecule has 4 heteroatoms. The van der Waals surface area contributed by atoms with Crippen LogP contribution in [0.5, 0.6) is 0 Å². The average molecular weight is 222 g/mol. The molecule has 0 aromatic carbocycles. The van der Waals surface area contributed by atoms with Crippen molar-refractivity contribution in [1.82, 2.24) is 9.88 Å². The molecule has 3 nitrogen and oxygen atoms in total. The van der Waals surface area contributed by atoms with Crippen LogP contribution >= 0.6 is 0 Å². The van der Waals surface area contributed by atoms with Gasteiger partial charge in [-0.2, -0.15) is 0 Å². The second-order valence-corrected chi connectivity index (χ2v) is 4.09. The Balaban J connectivity index is 2.19. The van der Waals surface area contributed by atoms with Crippen LogP contribution in [0.4, 0.5) is 4.39 Å². The highest BCUT2D eigenvalue weighted by molar-refractivity contribution is 5.94. The summed E-state index contributed by atoms with van der Waals surface area (Å²) in [6.45, 7) is 2.72. The molecule has 0 bridgehead atoms. The molecule has 1 aromatic rings. The van der Waals surface area contributed by atoms with E-state index in [1.165, 1.54) is 12.3 Å². The Hall–Kier alpha value is -1.45. The van der Waals surface area contributed by atoms with Gasteiger partial charge in [-0.15, -0.1) is 0 Å². The van der Waals surface area contributed by atoms with E-state index in [1.807, 2.05) is 6.92 Å². The van der Waals surface area contributed by atoms with Gasteiger partial charge in [0.2, 0.25) is 0 Å². The van der Waals surface area contributed by atoms with E-state index in [9.17, 15) is 9.18 Å². The first-order valence-electron chi connectivity index (χ1n) is 5.64. The fraction of sp³-hybridized carbons (Fsp3) is 0.500. The molecule has 0 radical (unpaired) electrons. The summed E-state index contributed by atoms with van der Waals surface area (Å²) in [5.74, 6) is -0.737. The number of hydrogen-bond donors (Lipinski definition) is 0. The lowest BCUT2D eigenvalue weighted by atomic mass is 10.2. The Kier molecular flexibility index (Phi) is 3.17. The predicted molar refractivity (Wildman–Crippen MR) is 58.5 cm³/mol. The predicted octanol–water partition coefficient (Wildman–Crippen LogP) is 2.24. The molecule has 1 saturated carbocycles. The van der Waals surface area contributed by atoms with Gasteiger partial charge in [0.1, 0.15) is 0 Å². The molecule has 1 amide bonds. The largest absolute Gasteiger partial charge is 0.336 e. The molecule has 0 N–H and O–H groups in total. The highest BCUT2D eigenvalue weighted by Crippen LogP contribution is 2.28. The van der Waals surface area contributed by atoms with E-state index >= 15 is 0 Å². The number of hydrogen-bond acceptors (Lipinski definition) is 2. The minimum absolute atomic E-state index is 0.135. The van der Waals surface area contributed by atoms with Gasteiger partial charge in [0.25, 0.3) is 5.91 Å². The zero-order valence-corrected chi connectivity index (χ0v) is 9.32. The van der Waals surface area contributed by atoms with Crippen molar-refractivity contribution in [2.24, 2.45) is 0 Å². The van der Waals surface area contributed by atoms with Crippen LogP contribution in [0.3, 0.4) is 0 Å². The molecule has 1 aliphatic rings. The summed E-state index contributed by atoms with van der Waals surface area (Å²) >= 11 is 0. The monoisotopic (exact) mass is 222 g/mol. The van der Waals surface area contributed by atoms with Crippen molar-refractivity contribution in [2.75, 3.05) is 6.54 Å². The molecule has 16 heavy (non-hydrogen) atoms. The van der Waals surface area contributed by atoms with Gasteiger partial charge in [0.15, 0.2) is 5.82 Å². The summed E-state index contributed by atoms with van der Waals surface area (Å²) in [6, 6.07) is 1.77. The molecule has 0 saturated heterocycles. The zero-order valence-electron chi connectivity index (χ0n) is 9.32. The number of halogens is 1. The number of carbonyl (C=O) groups is 1. The molecule has 1 fully saturated rings. The minimum atomic E-state index is -0.533. The topological polar surface area (TPSA) is 33.2 Å². The number of aromatic nitrogens is 1. The first-order valence-corrected chi connectivity index (χ1v) is 5.64. The fourth-order valence-corrected chi connectivity index (χ4v) is 1.78. The lowest BCUT2D eigenvalue weighted by Gasteiger charge is -2.21. The first kappa shape index (κ1) is 11.0. The smallest absolute Gasteiger partial charge is 0.257 e. The normalized spacial score (nSPS) is 14.9. The van der Waals surface area contributed by atoms with Gasteiger partial charge in [-0.25, -0.2) is 4.39 Å². The molecule has 86 valence electrons. The maximum absolute atomic E-state index is 13.4. The maximum atomic E-state index is 13.4. The van der Waals surface area contributed by atoms with Crippen LogP contribution < -0.4 is 0 Å². The highest BCUT2D eigenvalue weighted by Gasteiger charge is 2.33. The number of rotatable bonds is 4. The Morgan fingerprint density at radius 1 is 1.62 bits per heavy atom. The lowest BCUT2D eigenvalue weighted by Crippen LogP contribution is -2.34. The van der Waals surface area contributed by atoms with Crippen LogP contribution in [-0.2, 0) is 0 Å². The van der Waals surface area contributed by atoms with E-state index in [0.29, 0.717) is 12.6 Å². The number of nitrogens with zero attached hydrogens (tertiary/aromatic N) is 2. The summed E-state index contributed by atoms with van der Waals surface area (Å²) in [7, 11) is 0. The zero-order chi connectivity index (χ0) is 11.5. The number of pyridine rings is 1. The van der Waals surface area contributed by atoms with Gasteiger partial charge in [-0.05, 0) is 25.3 Å². The van der Waals surface area contributed by atoms with Gasteiger partial charge >= 0.3 is 0 Å². The molecule has 1 heterocycles. The van der Waals surface area contributed by atoms with Crippen molar-refractivity contribution in [2.45, 2.75) is 32.2 Å². The molecule has 0 aliphatic heterocycles. The van der Waals surface area contributed by atoms with Crippen LogP contribution in [0, 0.1) is 5.82 Å². The second-order valence-electron chi connectivity index (χ2n) is 4.09. The summed E-state index contributed by atoms with van der Waals surface area (Å²) in [5.41, 5.74) is 0.135. The Morgan fingerprint density at radius 3 is 2.94 bits per heavy atom. The SMILES string of the molecule is CCCN(C(=O)c1ccncc1F)C1CC1. The summed E-state index contributed by atoms with van der Waals surface area (Å²) in [6.07, 6.45) is 5.52. The highest BCUT2D eigenvalue weighted by atomic mass is 19.1. The van der Waals surface area contributed by atoms with Crippen molar-refractivity contribution in [3.63, 3.8) is 0 Å². The molecule has 0 atom stereocenters. The van der Waals surface area contributed by atoms with Gasteiger partial charge in [-0.1, -0.05) is 6.92 Å². The Bertz CT molecular complexity index is 390. The molecule has 1 aliphatic carbocycles. The summed E-state index contributed by atoms with van der Waals surface area (Å²) < 4.78 is 13.4. The molecule has 0 unspecified atom stereocenters. The number of amides is 1. The van der Waals surface area contributed by atoms with E-state index in [0.717, 1.165) is 25.5 Å². The van der Waals surface area contributed by atoms with Gasteiger partial charge < -0.3 is 4.90 Å². The minimum Gasteiger partial charge on any atom is -0.336 e.